The highest BCUT2D eigenvalue weighted by Crippen LogP contribution is 2.05. The van der Waals surface area contributed by atoms with Crippen LogP contribution in [0.4, 0.5) is 4.39 Å². The first-order valence-electron chi connectivity index (χ1n) is 6.22. The number of ether oxygens (including phenoxy) is 1. The highest BCUT2D eigenvalue weighted by molar-refractivity contribution is 5.78. The minimum absolute atomic E-state index is 0.00304. The Labute approximate surface area is 113 Å². The summed E-state index contributed by atoms with van der Waals surface area (Å²) in [7, 11) is 3.45. The summed E-state index contributed by atoms with van der Waals surface area (Å²) in [4.78, 5) is 13.6. The molecule has 0 aromatic heterocycles. The number of likely N-dealkylation sites (N-methyl/N-ethyl adjacent to an activating group) is 1. The molecule has 0 bridgehead atoms. The Morgan fingerprint density at radius 3 is 2.63 bits per heavy atom. The Morgan fingerprint density at radius 1 is 1.42 bits per heavy atom. The standard InChI is InChI=1S/C14H21FN2O2/c1-11(10-19-3)16-14(18)9-17(2)8-12-4-6-13(15)7-5-12/h4-7,11H,8-10H2,1-3H3,(H,16,18). The summed E-state index contributed by atoms with van der Waals surface area (Å²) in [5, 5.41) is 2.84. The van der Waals surface area contributed by atoms with Crippen LogP contribution in [0.1, 0.15) is 12.5 Å². The van der Waals surface area contributed by atoms with Crippen molar-refractivity contribution < 1.29 is 13.9 Å². The Bertz CT molecular complexity index is 395. The third-order valence-electron chi connectivity index (χ3n) is 2.60. The van der Waals surface area contributed by atoms with E-state index in [0.29, 0.717) is 19.7 Å². The van der Waals surface area contributed by atoms with Crippen molar-refractivity contribution in [3.8, 4) is 0 Å². The van der Waals surface area contributed by atoms with Crippen molar-refractivity contribution >= 4 is 5.91 Å². The van der Waals surface area contributed by atoms with E-state index < -0.39 is 0 Å². The van der Waals surface area contributed by atoms with Crippen LogP contribution in [0.2, 0.25) is 0 Å². The zero-order chi connectivity index (χ0) is 14.3. The highest BCUT2D eigenvalue weighted by atomic mass is 19.1. The van der Waals surface area contributed by atoms with Crippen LogP contribution in [0.5, 0.6) is 0 Å². The summed E-state index contributed by atoms with van der Waals surface area (Å²) in [6.45, 7) is 3.28. The van der Waals surface area contributed by atoms with Crippen LogP contribution in [-0.4, -0.2) is 44.2 Å². The Balaban J connectivity index is 2.36. The van der Waals surface area contributed by atoms with Gasteiger partial charge in [-0.3, -0.25) is 9.69 Å². The molecule has 1 aromatic rings. The molecule has 0 aliphatic heterocycles. The van der Waals surface area contributed by atoms with Crippen molar-refractivity contribution in [2.24, 2.45) is 0 Å². The second kappa shape index (κ2) is 7.86. The van der Waals surface area contributed by atoms with E-state index in [1.54, 1.807) is 19.2 Å². The average molecular weight is 268 g/mol. The van der Waals surface area contributed by atoms with Crippen LogP contribution < -0.4 is 5.32 Å². The number of methoxy groups -OCH3 is 1. The molecule has 0 radical (unpaired) electrons. The van der Waals surface area contributed by atoms with Crippen LogP contribution in [-0.2, 0) is 16.1 Å². The predicted octanol–water partition coefficient (Wildman–Crippen LogP) is 1.41. The molecule has 0 spiro atoms. The fourth-order valence-electron chi connectivity index (χ4n) is 1.81. The SMILES string of the molecule is COCC(C)NC(=O)CN(C)Cc1ccc(F)cc1. The van der Waals surface area contributed by atoms with Crippen LogP contribution in [0.15, 0.2) is 24.3 Å². The molecule has 0 aliphatic rings. The third-order valence-corrected chi connectivity index (χ3v) is 2.60. The van der Waals surface area contributed by atoms with Gasteiger partial charge in [-0.25, -0.2) is 4.39 Å². The van der Waals surface area contributed by atoms with Gasteiger partial charge in [0.05, 0.1) is 13.2 Å². The number of carbonyl (C=O) groups is 1. The van der Waals surface area contributed by atoms with E-state index in [2.05, 4.69) is 5.32 Å². The van der Waals surface area contributed by atoms with E-state index in [1.807, 2.05) is 18.9 Å². The minimum Gasteiger partial charge on any atom is -0.383 e. The normalized spacial score (nSPS) is 12.5. The fraction of sp³-hybridized carbons (Fsp3) is 0.500. The van der Waals surface area contributed by atoms with Crippen LogP contribution in [0.25, 0.3) is 0 Å². The number of hydrogen-bond acceptors (Lipinski definition) is 3. The Hall–Kier alpha value is -1.46. The van der Waals surface area contributed by atoms with E-state index in [-0.39, 0.29) is 17.8 Å². The number of hydrogen-bond donors (Lipinski definition) is 1. The largest absolute Gasteiger partial charge is 0.383 e. The molecular weight excluding hydrogens is 247 g/mol. The van der Waals surface area contributed by atoms with Gasteiger partial charge < -0.3 is 10.1 Å². The zero-order valence-electron chi connectivity index (χ0n) is 11.6. The highest BCUT2D eigenvalue weighted by Gasteiger charge is 2.10. The van der Waals surface area contributed by atoms with Crippen molar-refractivity contribution in [3.63, 3.8) is 0 Å². The van der Waals surface area contributed by atoms with Gasteiger partial charge in [0.15, 0.2) is 0 Å². The second-order valence-corrected chi connectivity index (χ2v) is 4.72. The summed E-state index contributed by atoms with van der Waals surface area (Å²) in [6, 6.07) is 6.28. The van der Waals surface area contributed by atoms with Gasteiger partial charge in [-0.15, -0.1) is 0 Å². The van der Waals surface area contributed by atoms with Crippen molar-refractivity contribution in [1.82, 2.24) is 10.2 Å². The van der Waals surface area contributed by atoms with Gasteiger partial charge in [-0.1, -0.05) is 12.1 Å². The van der Waals surface area contributed by atoms with Crippen LogP contribution in [0.3, 0.4) is 0 Å². The topological polar surface area (TPSA) is 41.6 Å². The molecule has 1 amide bonds. The summed E-state index contributed by atoms with van der Waals surface area (Å²) >= 11 is 0. The van der Waals surface area contributed by atoms with E-state index in [4.69, 9.17) is 4.74 Å². The molecule has 1 N–H and O–H groups in total. The molecule has 19 heavy (non-hydrogen) atoms. The summed E-state index contributed by atoms with van der Waals surface area (Å²) in [6.07, 6.45) is 0. The summed E-state index contributed by atoms with van der Waals surface area (Å²) in [5.74, 6) is -0.299. The first-order valence-corrected chi connectivity index (χ1v) is 6.22. The molecule has 1 atom stereocenters. The second-order valence-electron chi connectivity index (χ2n) is 4.72. The van der Waals surface area contributed by atoms with Crippen molar-refractivity contribution in [2.75, 3.05) is 27.3 Å². The molecule has 1 rings (SSSR count). The van der Waals surface area contributed by atoms with Gasteiger partial charge in [0.1, 0.15) is 5.82 Å². The number of nitrogens with one attached hydrogen (secondary N) is 1. The van der Waals surface area contributed by atoms with Crippen LogP contribution in [0, 0.1) is 5.82 Å². The monoisotopic (exact) mass is 268 g/mol. The Morgan fingerprint density at radius 2 is 2.05 bits per heavy atom. The Kier molecular flexibility index (Phi) is 6.45. The third kappa shape index (κ3) is 6.31. The van der Waals surface area contributed by atoms with Gasteiger partial charge in [0, 0.05) is 19.7 Å². The number of halogens is 1. The van der Waals surface area contributed by atoms with Gasteiger partial charge in [-0.05, 0) is 31.7 Å². The van der Waals surface area contributed by atoms with Gasteiger partial charge >= 0.3 is 0 Å². The number of rotatable bonds is 7. The van der Waals surface area contributed by atoms with Crippen molar-refractivity contribution in [1.29, 1.82) is 0 Å². The maximum atomic E-state index is 12.8. The lowest BCUT2D eigenvalue weighted by atomic mass is 10.2. The van der Waals surface area contributed by atoms with E-state index in [9.17, 15) is 9.18 Å². The summed E-state index contributed by atoms with van der Waals surface area (Å²) < 4.78 is 17.7. The molecular formula is C14H21FN2O2. The molecule has 5 heteroatoms. The molecule has 0 heterocycles. The molecule has 0 saturated heterocycles. The van der Waals surface area contributed by atoms with Gasteiger partial charge in [0.25, 0.3) is 0 Å². The molecule has 4 nitrogen and oxygen atoms in total. The average Bonchev–Trinajstić information content (AvgIpc) is 2.32. The lowest BCUT2D eigenvalue weighted by Crippen LogP contribution is -2.41. The van der Waals surface area contributed by atoms with Gasteiger partial charge in [-0.2, -0.15) is 0 Å². The molecule has 0 fully saturated rings. The molecule has 106 valence electrons. The smallest absolute Gasteiger partial charge is 0.234 e. The first kappa shape index (κ1) is 15.6. The van der Waals surface area contributed by atoms with Crippen molar-refractivity contribution in [3.05, 3.63) is 35.6 Å². The fourth-order valence-corrected chi connectivity index (χ4v) is 1.81. The maximum absolute atomic E-state index is 12.8. The molecule has 1 aromatic carbocycles. The van der Waals surface area contributed by atoms with Gasteiger partial charge in [0.2, 0.25) is 5.91 Å². The van der Waals surface area contributed by atoms with Crippen molar-refractivity contribution in [2.45, 2.75) is 19.5 Å². The molecule has 1 unspecified atom stereocenters. The summed E-state index contributed by atoms with van der Waals surface area (Å²) in [5.41, 5.74) is 0.974. The lowest BCUT2D eigenvalue weighted by molar-refractivity contribution is -0.123. The number of carbonyl (C=O) groups excluding carboxylic acids is 1. The number of amides is 1. The molecule has 0 aliphatic carbocycles. The van der Waals surface area contributed by atoms with Crippen LogP contribution >= 0.6 is 0 Å². The van der Waals surface area contributed by atoms with E-state index >= 15 is 0 Å². The number of benzene rings is 1. The van der Waals surface area contributed by atoms with E-state index in [0.717, 1.165) is 5.56 Å². The maximum Gasteiger partial charge on any atom is 0.234 e. The quantitative estimate of drug-likeness (QED) is 0.813. The first-order chi connectivity index (χ1) is 9.01. The van der Waals surface area contributed by atoms with E-state index in [1.165, 1.54) is 12.1 Å². The predicted molar refractivity (Wildman–Crippen MR) is 72.2 cm³/mol. The number of nitrogens with zero attached hydrogens (tertiary/aromatic N) is 1. The lowest BCUT2D eigenvalue weighted by Gasteiger charge is -2.18. The minimum atomic E-state index is -0.252. The molecule has 0 saturated carbocycles. The zero-order valence-corrected chi connectivity index (χ0v) is 11.6.